The third kappa shape index (κ3) is 4.74. The number of nitrogens with zero attached hydrogens (tertiary/aromatic N) is 3. The second kappa shape index (κ2) is 8.91. The number of imidazole rings is 1. The normalized spacial score (nSPS) is 11.0. The Labute approximate surface area is 176 Å². The van der Waals surface area contributed by atoms with Gasteiger partial charge in [-0.05, 0) is 37.1 Å². The summed E-state index contributed by atoms with van der Waals surface area (Å²) < 4.78 is 2.12. The van der Waals surface area contributed by atoms with E-state index in [2.05, 4.69) is 65.1 Å². The summed E-state index contributed by atoms with van der Waals surface area (Å²) in [5.41, 5.74) is 6.44. The predicted molar refractivity (Wildman–Crippen MR) is 119 cm³/mol. The maximum Gasteiger partial charge on any atom is 0.220 e. The van der Waals surface area contributed by atoms with Gasteiger partial charge in [-0.25, -0.2) is 9.97 Å². The molecule has 0 saturated carbocycles. The molecule has 1 amide bonds. The molecule has 4 aromatic rings. The third-order valence-electron chi connectivity index (χ3n) is 5.19. The first-order valence-electron chi connectivity index (χ1n) is 10.3. The van der Waals surface area contributed by atoms with Gasteiger partial charge in [0.25, 0.3) is 0 Å². The lowest BCUT2D eigenvalue weighted by Crippen LogP contribution is -2.23. The molecule has 0 aliphatic rings. The van der Waals surface area contributed by atoms with E-state index in [9.17, 15) is 4.79 Å². The lowest BCUT2D eigenvalue weighted by molar-refractivity contribution is -0.121. The number of fused-ring (bicyclic) bond motifs is 1. The van der Waals surface area contributed by atoms with Crippen LogP contribution in [0.4, 0.5) is 0 Å². The molecule has 0 fully saturated rings. The van der Waals surface area contributed by atoms with Crippen LogP contribution in [-0.4, -0.2) is 20.4 Å². The Kier molecular flexibility index (Phi) is 5.89. The van der Waals surface area contributed by atoms with Crippen molar-refractivity contribution in [3.63, 3.8) is 0 Å². The van der Waals surface area contributed by atoms with Crippen LogP contribution in [0.1, 0.15) is 34.5 Å². The molecule has 0 radical (unpaired) electrons. The van der Waals surface area contributed by atoms with Gasteiger partial charge in [0.05, 0.1) is 6.54 Å². The Balaban J connectivity index is 1.46. The van der Waals surface area contributed by atoms with Crippen LogP contribution in [0.15, 0.2) is 66.9 Å². The van der Waals surface area contributed by atoms with Crippen molar-refractivity contribution in [2.24, 2.45) is 0 Å². The predicted octanol–water partition coefficient (Wildman–Crippen LogP) is 4.35. The zero-order chi connectivity index (χ0) is 20.9. The van der Waals surface area contributed by atoms with E-state index in [4.69, 9.17) is 4.98 Å². The van der Waals surface area contributed by atoms with Gasteiger partial charge in [-0.3, -0.25) is 4.79 Å². The first-order valence-corrected chi connectivity index (χ1v) is 10.3. The van der Waals surface area contributed by atoms with Gasteiger partial charge >= 0.3 is 0 Å². The van der Waals surface area contributed by atoms with E-state index in [0.29, 0.717) is 25.9 Å². The van der Waals surface area contributed by atoms with Crippen LogP contribution in [0, 0.1) is 13.8 Å². The number of hydrogen-bond donors (Lipinski definition) is 1. The number of carbonyl (C=O) groups is 1. The van der Waals surface area contributed by atoms with Gasteiger partial charge in [0, 0.05) is 25.6 Å². The van der Waals surface area contributed by atoms with Crippen molar-refractivity contribution in [3.8, 4) is 0 Å². The van der Waals surface area contributed by atoms with Crippen molar-refractivity contribution >= 4 is 17.1 Å². The maximum absolute atomic E-state index is 12.4. The van der Waals surface area contributed by atoms with Crippen molar-refractivity contribution < 1.29 is 4.79 Å². The molecule has 0 spiro atoms. The summed E-state index contributed by atoms with van der Waals surface area (Å²) in [6.45, 7) is 5.37. The summed E-state index contributed by atoms with van der Waals surface area (Å²) in [5.74, 6) is 0.911. The summed E-state index contributed by atoms with van der Waals surface area (Å²) in [7, 11) is 0. The molecule has 5 nitrogen and oxygen atoms in total. The highest BCUT2D eigenvalue weighted by Crippen LogP contribution is 2.17. The molecule has 0 atom stereocenters. The van der Waals surface area contributed by atoms with E-state index in [-0.39, 0.29) is 5.91 Å². The van der Waals surface area contributed by atoms with Crippen LogP contribution in [0.2, 0.25) is 0 Å². The fourth-order valence-corrected chi connectivity index (χ4v) is 3.57. The van der Waals surface area contributed by atoms with Crippen molar-refractivity contribution in [2.45, 2.75) is 39.8 Å². The maximum atomic E-state index is 12.4. The Morgan fingerprint density at radius 3 is 2.60 bits per heavy atom. The first kappa shape index (κ1) is 19.8. The van der Waals surface area contributed by atoms with E-state index in [1.54, 1.807) is 6.20 Å². The Hall–Kier alpha value is -3.47. The first-order chi connectivity index (χ1) is 14.6. The summed E-state index contributed by atoms with van der Waals surface area (Å²) in [4.78, 5) is 21.7. The molecule has 0 aliphatic heterocycles. The average molecular weight is 399 g/mol. The van der Waals surface area contributed by atoms with Crippen molar-refractivity contribution in [1.82, 2.24) is 19.9 Å². The summed E-state index contributed by atoms with van der Waals surface area (Å²) in [5, 5.41) is 3.01. The standard InChI is InChI=1S/C25H26N4O/c1-18-8-10-20(11-9-18)17-29-23(28-22-7-4-14-26-25(22)29)12-13-24(30)27-16-21-6-3-5-19(2)15-21/h3-11,14-15H,12-13,16-17H2,1-2H3,(H,27,30). The number of pyridine rings is 1. The molecule has 5 heteroatoms. The molecule has 0 unspecified atom stereocenters. The third-order valence-corrected chi connectivity index (χ3v) is 5.19. The van der Waals surface area contributed by atoms with E-state index >= 15 is 0 Å². The Morgan fingerprint density at radius 1 is 0.967 bits per heavy atom. The molecule has 2 aromatic carbocycles. The fraction of sp³-hybridized carbons (Fsp3) is 0.240. The minimum atomic E-state index is 0.0263. The largest absolute Gasteiger partial charge is 0.352 e. The van der Waals surface area contributed by atoms with Gasteiger partial charge in [0.2, 0.25) is 5.91 Å². The Morgan fingerprint density at radius 2 is 1.80 bits per heavy atom. The second-order valence-corrected chi connectivity index (χ2v) is 7.71. The summed E-state index contributed by atoms with van der Waals surface area (Å²) in [6, 6.07) is 20.5. The van der Waals surface area contributed by atoms with E-state index in [1.807, 2.05) is 24.3 Å². The number of aryl methyl sites for hydroxylation is 3. The van der Waals surface area contributed by atoms with Gasteiger partial charge in [-0.15, -0.1) is 0 Å². The molecule has 2 heterocycles. The molecule has 0 saturated heterocycles. The van der Waals surface area contributed by atoms with Crippen molar-refractivity contribution in [3.05, 3.63) is 94.9 Å². The zero-order valence-corrected chi connectivity index (χ0v) is 17.4. The van der Waals surface area contributed by atoms with E-state index < -0.39 is 0 Å². The van der Waals surface area contributed by atoms with Crippen LogP contribution in [0.5, 0.6) is 0 Å². The van der Waals surface area contributed by atoms with Crippen LogP contribution in [-0.2, 0) is 24.3 Å². The molecular weight excluding hydrogens is 372 g/mol. The second-order valence-electron chi connectivity index (χ2n) is 7.71. The van der Waals surface area contributed by atoms with E-state index in [0.717, 1.165) is 22.6 Å². The summed E-state index contributed by atoms with van der Waals surface area (Å²) in [6.07, 6.45) is 2.75. The minimum Gasteiger partial charge on any atom is -0.352 e. The number of nitrogens with one attached hydrogen (secondary N) is 1. The van der Waals surface area contributed by atoms with E-state index in [1.165, 1.54) is 16.7 Å². The number of amides is 1. The fourth-order valence-electron chi connectivity index (χ4n) is 3.57. The monoisotopic (exact) mass is 398 g/mol. The highest BCUT2D eigenvalue weighted by molar-refractivity contribution is 5.76. The number of benzene rings is 2. The quantitative estimate of drug-likeness (QED) is 0.504. The topological polar surface area (TPSA) is 59.8 Å². The zero-order valence-electron chi connectivity index (χ0n) is 17.4. The average Bonchev–Trinajstić information content (AvgIpc) is 3.10. The number of carbonyl (C=O) groups excluding carboxylic acids is 1. The highest BCUT2D eigenvalue weighted by Gasteiger charge is 2.13. The molecule has 152 valence electrons. The SMILES string of the molecule is Cc1ccc(Cn2c(CCC(=O)NCc3cccc(C)c3)nc3cccnc32)cc1. The van der Waals surface area contributed by atoms with Gasteiger partial charge in [-0.2, -0.15) is 0 Å². The van der Waals surface area contributed by atoms with Gasteiger partial charge in [0.1, 0.15) is 11.3 Å². The van der Waals surface area contributed by atoms with Gasteiger partial charge in [0.15, 0.2) is 5.65 Å². The molecule has 0 aliphatic carbocycles. The number of aromatic nitrogens is 3. The minimum absolute atomic E-state index is 0.0263. The number of hydrogen-bond acceptors (Lipinski definition) is 3. The molecule has 2 aromatic heterocycles. The molecule has 4 rings (SSSR count). The van der Waals surface area contributed by atoms with Gasteiger partial charge < -0.3 is 9.88 Å². The van der Waals surface area contributed by atoms with Crippen LogP contribution >= 0.6 is 0 Å². The van der Waals surface area contributed by atoms with Crippen molar-refractivity contribution in [1.29, 1.82) is 0 Å². The lowest BCUT2D eigenvalue weighted by atomic mass is 10.1. The van der Waals surface area contributed by atoms with Crippen LogP contribution in [0.25, 0.3) is 11.2 Å². The highest BCUT2D eigenvalue weighted by atomic mass is 16.1. The van der Waals surface area contributed by atoms with Crippen molar-refractivity contribution in [2.75, 3.05) is 0 Å². The van der Waals surface area contributed by atoms with Crippen LogP contribution in [0.3, 0.4) is 0 Å². The summed E-state index contributed by atoms with van der Waals surface area (Å²) >= 11 is 0. The molecule has 1 N–H and O–H groups in total. The Bertz CT molecular complexity index is 1160. The lowest BCUT2D eigenvalue weighted by Gasteiger charge is -2.10. The molecular formula is C25H26N4O. The van der Waals surface area contributed by atoms with Gasteiger partial charge in [-0.1, -0.05) is 59.7 Å². The molecule has 0 bridgehead atoms. The smallest absolute Gasteiger partial charge is 0.220 e. The number of rotatable bonds is 7. The molecule has 30 heavy (non-hydrogen) atoms. The van der Waals surface area contributed by atoms with Crippen LogP contribution < -0.4 is 5.32 Å².